The Morgan fingerprint density at radius 2 is 1.86 bits per heavy atom. The number of fused-ring (bicyclic) bond motifs is 1. The number of benzene rings is 2. The number of amides is 2. The summed E-state index contributed by atoms with van der Waals surface area (Å²) in [6.07, 6.45) is 3.81. The first-order valence-corrected chi connectivity index (χ1v) is 14.0. The fourth-order valence-corrected chi connectivity index (χ4v) is 5.71. The van der Waals surface area contributed by atoms with E-state index in [4.69, 9.17) is 21.7 Å². The summed E-state index contributed by atoms with van der Waals surface area (Å²) in [5.74, 6) is 0.747. The predicted molar refractivity (Wildman–Crippen MR) is 141 cm³/mol. The van der Waals surface area contributed by atoms with Gasteiger partial charge in [-0.25, -0.2) is 8.42 Å². The Kier molecular flexibility index (Phi) is 8.29. The third-order valence-electron chi connectivity index (χ3n) is 5.51. The Morgan fingerprint density at radius 1 is 1.11 bits per heavy atom. The first-order chi connectivity index (χ1) is 17.2. The van der Waals surface area contributed by atoms with E-state index in [1.807, 2.05) is 19.1 Å². The van der Waals surface area contributed by atoms with Crippen molar-refractivity contribution < 1.29 is 27.5 Å². The van der Waals surface area contributed by atoms with Crippen molar-refractivity contribution >= 4 is 56.2 Å². The number of hydrazine groups is 1. The van der Waals surface area contributed by atoms with E-state index >= 15 is 0 Å². The number of ether oxygens (including phenoxy) is 2. The summed E-state index contributed by atoms with van der Waals surface area (Å²) in [5.41, 5.74) is 3.99. The molecule has 0 radical (unpaired) electrons. The van der Waals surface area contributed by atoms with Crippen LogP contribution in [0.5, 0.6) is 11.5 Å². The Balaban J connectivity index is 1.18. The largest absolute Gasteiger partial charge is 0.454 e. The zero-order valence-corrected chi connectivity index (χ0v) is 21.9. The van der Waals surface area contributed by atoms with Gasteiger partial charge in [0.1, 0.15) is 4.32 Å². The summed E-state index contributed by atoms with van der Waals surface area (Å²) in [7, 11) is -3.82. The number of thiocarbonyl (C=S) groups is 1. The molecule has 2 aromatic rings. The van der Waals surface area contributed by atoms with Crippen molar-refractivity contribution in [3.05, 3.63) is 58.5 Å². The van der Waals surface area contributed by atoms with Gasteiger partial charge in [-0.1, -0.05) is 54.2 Å². The molecule has 0 aromatic heterocycles. The average Bonchev–Trinajstić information content (AvgIpc) is 3.42. The van der Waals surface area contributed by atoms with E-state index in [2.05, 4.69) is 10.3 Å². The van der Waals surface area contributed by atoms with Crippen LogP contribution in [0.3, 0.4) is 0 Å². The molecule has 190 valence electrons. The lowest BCUT2D eigenvalue weighted by atomic mass is 10.1. The maximum atomic E-state index is 12.8. The highest BCUT2D eigenvalue weighted by molar-refractivity contribution is 8.26. The Bertz CT molecular complexity index is 1310. The van der Waals surface area contributed by atoms with Gasteiger partial charge >= 0.3 is 0 Å². The molecule has 1 saturated heterocycles. The lowest BCUT2D eigenvalue weighted by Crippen LogP contribution is -2.41. The number of carbonyl (C=O) groups excluding carboxylic acids is 2. The van der Waals surface area contributed by atoms with Gasteiger partial charge in [0.2, 0.25) is 12.7 Å². The van der Waals surface area contributed by atoms with Gasteiger partial charge in [0.15, 0.2) is 11.5 Å². The topological polar surface area (TPSA) is 114 Å². The lowest BCUT2D eigenvalue weighted by molar-refractivity contribution is -0.123. The van der Waals surface area contributed by atoms with Gasteiger partial charge in [-0.05, 0) is 55.7 Å². The zero-order valence-electron chi connectivity index (χ0n) is 19.5. The standard InChI is InChI=1S/C24H25N3O6S3/c1-16-6-9-18(10-7-16)36(30,31)26-25-22(28)5-3-2-4-12-27-23(29)21(35-24(27)34)14-17-8-11-19-20(13-17)33-15-32-19/h6-11,13-14,26H,2-5,12,15H2,1H3,(H,25,28). The van der Waals surface area contributed by atoms with Crippen molar-refractivity contribution in [2.45, 2.75) is 37.5 Å². The molecule has 0 aliphatic carbocycles. The minimum absolute atomic E-state index is 0.0736. The van der Waals surface area contributed by atoms with Gasteiger partial charge in [0, 0.05) is 13.0 Å². The molecule has 4 rings (SSSR count). The first-order valence-electron chi connectivity index (χ1n) is 11.3. The van der Waals surface area contributed by atoms with Crippen LogP contribution in [0.15, 0.2) is 52.3 Å². The molecule has 0 unspecified atom stereocenters. The molecular formula is C24H25N3O6S3. The smallest absolute Gasteiger partial charge is 0.266 e. The Hall–Kier alpha value is -2.93. The van der Waals surface area contributed by atoms with E-state index in [-0.39, 0.29) is 24.0 Å². The van der Waals surface area contributed by atoms with Crippen LogP contribution in [0.2, 0.25) is 0 Å². The first kappa shape index (κ1) is 26.1. The summed E-state index contributed by atoms with van der Waals surface area (Å²) < 4.78 is 35.6. The van der Waals surface area contributed by atoms with E-state index in [0.29, 0.717) is 46.5 Å². The number of rotatable bonds is 10. The van der Waals surface area contributed by atoms with Crippen molar-refractivity contribution in [3.63, 3.8) is 0 Å². The quantitative estimate of drug-likeness (QED) is 0.201. The van der Waals surface area contributed by atoms with Gasteiger partial charge in [-0.15, -0.1) is 4.83 Å². The number of nitrogens with one attached hydrogen (secondary N) is 2. The van der Waals surface area contributed by atoms with E-state index < -0.39 is 15.9 Å². The summed E-state index contributed by atoms with van der Waals surface area (Å²) in [5, 5.41) is 0. The maximum absolute atomic E-state index is 12.8. The molecule has 12 heteroatoms. The molecule has 36 heavy (non-hydrogen) atoms. The minimum atomic E-state index is -3.82. The van der Waals surface area contributed by atoms with Crippen molar-refractivity contribution in [1.82, 2.24) is 15.2 Å². The molecule has 9 nitrogen and oxygen atoms in total. The Morgan fingerprint density at radius 3 is 2.64 bits per heavy atom. The fourth-order valence-electron chi connectivity index (χ4n) is 3.54. The van der Waals surface area contributed by atoms with E-state index in [9.17, 15) is 18.0 Å². The van der Waals surface area contributed by atoms with E-state index in [1.165, 1.54) is 23.9 Å². The number of thioether (sulfide) groups is 1. The fraction of sp³-hybridized carbons (Fsp3) is 0.292. The highest BCUT2D eigenvalue weighted by Gasteiger charge is 2.31. The van der Waals surface area contributed by atoms with Crippen LogP contribution >= 0.6 is 24.0 Å². The van der Waals surface area contributed by atoms with E-state index in [1.54, 1.807) is 29.2 Å². The van der Waals surface area contributed by atoms with Crippen LogP contribution < -0.4 is 19.7 Å². The number of unbranched alkanes of at least 4 members (excludes halogenated alkanes) is 2. The second kappa shape index (κ2) is 11.4. The molecule has 2 aliphatic heterocycles. The molecule has 0 bridgehead atoms. The van der Waals surface area contributed by atoms with Crippen molar-refractivity contribution in [1.29, 1.82) is 0 Å². The molecule has 1 fully saturated rings. The number of aryl methyl sites for hydroxylation is 1. The van der Waals surface area contributed by atoms with Gasteiger partial charge < -0.3 is 9.47 Å². The second-order valence-electron chi connectivity index (χ2n) is 8.22. The third kappa shape index (κ3) is 6.44. The lowest BCUT2D eigenvalue weighted by Gasteiger charge is -2.14. The highest BCUT2D eigenvalue weighted by Crippen LogP contribution is 2.36. The number of hydrogen-bond acceptors (Lipinski definition) is 8. The Labute approximate surface area is 219 Å². The normalized spacial score (nSPS) is 16.1. The van der Waals surface area contributed by atoms with Crippen molar-refractivity contribution in [2.24, 2.45) is 0 Å². The summed E-state index contributed by atoms with van der Waals surface area (Å²) >= 11 is 6.63. The van der Waals surface area contributed by atoms with E-state index in [0.717, 1.165) is 11.1 Å². The van der Waals surface area contributed by atoms with Gasteiger partial charge in [-0.3, -0.25) is 19.9 Å². The summed E-state index contributed by atoms with van der Waals surface area (Å²) in [4.78, 5) is 29.1. The van der Waals surface area contributed by atoms with Gasteiger partial charge in [0.25, 0.3) is 15.9 Å². The molecule has 0 saturated carbocycles. The average molecular weight is 548 g/mol. The molecule has 2 N–H and O–H groups in total. The number of hydrogen-bond donors (Lipinski definition) is 2. The van der Waals surface area contributed by atoms with Crippen LogP contribution in [-0.2, 0) is 19.6 Å². The third-order valence-corrected chi connectivity index (χ3v) is 8.15. The molecule has 0 spiro atoms. The molecule has 0 atom stereocenters. The van der Waals surface area contributed by atoms with Gasteiger partial charge in [0.05, 0.1) is 9.80 Å². The predicted octanol–water partition coefficient (Wildman–Crippen LogP) is 3.50. The molecule has 2 amide bonds. The SMILES string of the molecule is Cc1ccc(S(=O)(=O)NNC(=O)CCCCCN2C(=O)C(=Cc3ccc4c(c3)OCO4)SC2=S)cc1. The molecule has 2 aliphatic rings. The monoisotopic (exact) mass is 547 g/mol. The number of sulfonamides is 1. The maximum Gasteiger partial charge on any atom is 0.266 e. The number of carbonyl (C=O) groups is 2. The molecular weight excluding hydrogens is 522 g/mol. The van der Waals surface area contributed by atoms with Crippen LogP contribution in [0.25, 0.3) is 6.08 Å². The van der Waals surface area contributed by atoms with Crippen LogP contribution in [0.1, 0.15) is 36.8 Å². The molecule has 2 aromatic carbocycles. The second-order valence-corrected chi connectivity index (χ2v) is 11.6. The summed E-state index contributed by atoms with van der Waals surface area (Å²) in [6.45, 7) is 2.49. The van der Waals surface area contributed by atoms with Crippen LogP contribution in [0.4, 0.5) is 0 Å². The van der Waals surface area contributed by atoms with Crippen molar-refractivity contribution in [2.75, 3.05) is 13.3 Å². The highest BCUT2D eigenvalue weighted by atomic mass is 32.2. The summed E-state index contributed by atoms with van der Waals surface area (Å²) in [6, 6.07) is 11.8. The van der Waals surface area contributed by atoms with Crippen LogP contribution in [-0.4, -0.2) is 42.8 Å². The minimum Gasteiger partial charge on any atom is -0.454 e. The van der Waals surface area contributed by atoms with Crippen molar-refractivity contribution in [3.8, 4) is 11.5 Å². The number of nitrogens with zero attached hydrogens (tertiary/aromatic N) is 1. The van der Waals surface area contributed by atoms with Crippen LogP contribution in [0, 0.1) is 6.92 Å². The zero-order chi connectivity index (χ0) is 25.7. The van der Waals surface area contributed by atoms with Gasteiger partial charge in [-0.2, -0.15) is 0 Å². The molecule has 2 heterocycles.